The van der Waals surface area contributed by atoms with Gasteiger partial charge in [0.1, 0.15) is 12.6 Å². The van der Waals surface area contributed by atoms with Crippen molar-refractivity contribution in [2.45, 2.75) is 64.6 Å². The molecule has 0 aliphatic heterocycles. The lowest BCUT2D eigenvalue weighted by molar-refractivity contribution is -0.140. The molecule has 8 heteroatoms. The van der Waals surface area contributed by atoms with E-state index in [-0.39, 0.29) is 29.8 Å². The highest BCUT2D eigenvalue weighted by Gasteiger charge is 2.35. The zero-order valence-corrected chi connectivity index (χ0v) is 26.8. The molecule has 0 aliphatic carbocycles. The third kappa shape index (κ3) is 8.35. The smallest absolute Gasteiger partial charge is 0.264 e. The Labute approximate surface area is 261 Å². The molecule has 1 N–H and O–H groups in total. The van der Waals surface area contributed by atoms with Gasteiger partial charge in [-0.25, -0.2) is 8.42 Å². The first-order valence-electron chi connectivity index (χ1n) is 14.8. The summed E-state index contributed by atoms with van der Waals surface area (Å²) in [6, 6.07) is 30.0. The highest BCUT2D eigenvalue weighted by atomic mass is 32.2. The molecule has 0 heterocycles. The molecule has 4 rings (SSSR count). The number of anilines is 1. The van der Waals surface area contributed by atoms with Gasteiger partial charge in [-0.05, 0) is 81.1 Å². The molecule has 4 aromatic carbocycles. The molecule has 7 nitrogen and oxygen atoms in total. The molecular weight excluding hydrogens is 570 g/mol. The van der Waals surface area contributed by atoms with E-state index in [1.165, 1.54) is 4.90 Å². The second kappa shape index (κ2) is 14.4. The van der Waals surface area contributed by atoms with Crippen LogP contribution < -0.4 is 9.62 Å². The Morgan fingerprint density at radius 2 is 1.27 bits per heavy atom. The van der Waals surface area contributed by atoms with E-state index in [4.69, 9.17) is 0 Å². The van der Waals surface area contributed by atoms with E-state index in [1.807, 2.05) is 101 Å². The van der Waals surface area contributed by atoms with Crippen molar-refractivity contribution in [3.8, 4) is 0 Å². The third-order valence-electron chi connectivity index (χ3n) is 7.28. The minimum Gasteiger partial charge on any atom is -0.352 e. The number of hydrogen-bond acceptors (Lipinski definition) is 4. The Morgan fingerprint density at radius 1 is 0.727 bits per heavy atom. The maximum atomic E-state index is 14.5. The molecule has 0 saturated heterocycles. The molecule has 0 radical (unpaired) electrons. The van der Waals surface area contributed by atoms with Gasteiger partial charge in [-0.1, -0.05) is 84.4 Å². The van der Waals surface area contributed by atoms with Crippen LogP contribution in [-0.4, -0.2) is 43.8 Å². The van der Waals surface area contributed by atoms with Gasteiger partial charge in [-0.15, -0.1) is 0 Å². The van der Waals surface area contributed by atoms with Crippen LogP contribution in [0.3, 0.4) is 0 Å². The Kier molecular flexibility index (Phi) is 10.6. The van der Waals surface area contributed by atoms with Crippen LogP contribution in [-0.2, 0) is 32.6 Å². The Balaban J connectivity index is 1.81. The van der Waals surface area contributed by atoms with Crippen molar-refractivity contribution < 1.29 is 18.0 Å². The molecule has 230 valence electrons. The van der Waals surface area contributed by atoms with Crippen LogP contribution in [0.4, 0.5) is 5.69 Å². The van der Waals surface area contributed by atoms with Gasteiger partial charge in [0.25, 0.3) is 10.0 Å². The standard InChI is InChI=1S/C36H41N3O4S/c1-26(2)37-36(41)34(23-30-12-8-6-9-13-30)38(24-31-14-10-7-11-15-31)35(40)25-39(32-21-28(4)20-29(5)22-32)44(42,43)33-18-16-27(3)17-19-33/h6-22,26,34H,23-25H2,1-5H3,(H,37,41)/t34-/m0/s1. The predicted octanol–water partition coefficient (Wildman–Crippen LogP) is 5.97. The van der Waals surface area contributed by atoms with Crippen LogP contribution in [0.5, 0.6) is 0 Å². The molecule has 0 spiro atoms. The van der Waals surface area contributed by atoms with Crippen LogP contribution in [0.2, 0.25) is 0 Å². The first-order valence-corrected chi connectivity index (χ1v) is 16.2. The Morgan fingerprint density at radius 3 is 1.82 bits per heavy atom. The molecule has 0 aromatic heterocycles. The molecular formula is C36H41N3O4S. The number of amides is 2. The Bertz CT molecular complexity index is 1650. The Hall–Kier alpha value is -4.43. The molecule has 44 heavy (non-hydrogen) atoms. The minimum absolute atomic E-state index is 0.0862. The van der Waals surface area contributed by atoms with Gasteiger partial charge in [0.2, 0.25) is 11.8 Å². The fraction of sp³-hybridized carbons (Fsp3) is 0.278. The van der Waals surface area contributed by atoms with Gasteiger partial charge in [-0.2, -0.15) is 0 Å². The lowest BCUT2D eigenvalue weighted by Gasteiger charge is -2.34. The second-order valence-corrected chi connectivity index (χ2v) is 13.4. The van der Waals surface area contributed by atoms with Gasteiger partial charge in [0, 0.05) is 19.0 Å². The monoisotopic (exact) mass is 611 g/mol. The summed E-state index contributed by atoms with van der Waals surface area (Å²) in [4.78, 5) is 29.8. The van der Waals surface area contributed by atoms with E-state index < -0.39 is 28.5 Å². The number of rotatable bonds is 12. The topological polar surface area (TPSA) is 86.8 Å². The number of nitrogens with one attached hydrogen (secondary N) is 1. The molecule has 0 unspecified atom stereocenters. The van der Waals surface area contributed by atoms with Crippen molar-refractivity contribution in [2.24, 2.45) is 0 Å². The SMILES string of the molecule is Cc1ccc(S(=O)(=O)N(CC(=O)N(Cc2ccccc2)[C@@H](Cc2ccccc2)C(=O)NC(C)C)c2cc(C)cc(C)c2)cc1. The lowest BCUT2D eigenvalue weighted by Crippen LogP contribution is -2.54. The van der Waals surface area contributed by atoms with Crippen LogP contribution in [0.25, 0.3) is 0 Å². The number of aryl methyl sites for hydroxylation is 3. The summed E-state index contributed by atoms with van der Waals surface area (Å²) >= 11 is 0. The highest BCUT2D eigenvalue weighted by molar-refractivity contribution is 7.92. The van der Waals surface area contributed by atoms with Crippen molar-refractivity contribution in [2.75, 3.05) is 10.8 Å². The first-order chi connectivity index (χ1) is 20.9. The fourth-order valence-corrected chi connectivity index (χ4v) is 6.57. The number of sulfonamides is 1. The number of nitrogens with zero attached hydrogens (tertiary/aromatic N) is 2. The van der Waals surface area contributed by atoms with Crippen molar-refractivity contribution in [3.05, 3.63) is 131 Å². The van der Waals surface area contributed by atoms with Gasteiger partial charge in [-0.3, -0.25) is 13.9 Å². The summed E-state index contributed by atoms with van der Waals surface area (Å²) in [5.74, 6) is -0.781. The van der Waals surface area contributed by atoms with E-state index >= 15 is 0 Å². The number of hydrogen-bond donors (Lipinski definition) is 1. The maximum Gasteiger partial charge on any atom is 0.264 e. The zero-order valence-electron chi connectivity index (χ0n) is 26.0. The van der Waals surface area contributed by atoms with Crippen LogP contribution >= 0.6 is 0 Å². The van der Waals surface area contributed by atoms with E-state index in [0.29, 0.717) is 5.69 Å². The fourth-order valence-electron chi connectivity index (χ4n) is 5.18. The normalized spacial score (nSPS) is 12.0. The lowest BCUT2D eigenvalue weighted by atomic mass is 10.0. The number of carbonyl (C=O) groups is 2. The summed E-state index contributed by atoms with van der Waals surface area (Å²) in [7, 11) is -4.14. The van der Waals surface area contributed by atoms with E-state index in [9.17, 15) is 18.0 Å². The summed E-state index contributed by atoms with van der Waals surface area (Å²) in [6.45, 7) is 9.07. The summed E-state index contributed by atoms with van der Waals surface area (Å²) < 4.78 is 29.6. The van der Waals surface area contributed by atoms with Gasteiger partial charge < -0.3 is 10.2 Å². The minimum atomic E-state index is -4.14. The van der Waals surface area contributed by atoms with E-state index in [2.05, 4.69) is 5.32 Å². The van der Waals surface area contributed by atoms with Crippen molar-refractivity contribution in [1.82, 2.24) is 10.2 Å². The predicted molar refractivity (Wildman–Crippen MR) is 176 cm³/mol. The maximum absolute atomic E-state index is 14.5. The first kappa shape index (κ1) is 32.5. The second-order valence-electron chi connectivity index (χ2n) is 11.5. The molecule has 1 atom stereocenters. The van der Waals surface area contributed by atoms with Gasteiger partial charge in [0.15, 0.2) is 0 Å². The van der Waals surface area contributed by atoms with Crippen LogP contribution in [0, 0.1) is 20.8 Å². The van der Waals surface area contributed by atoms with E-state index in [1.54, 1.807) is 36.4 Å². The molecule has 0 aliphatic rings. The van der Waals surface area contributed by atoms with E-state index in [0.717, 1.165) is 32.1 Å². The van der Waals surface area contributed by atoms with Crippen LogP contribution in [0.15, 0.2) is 108 Å². The molecule has 4 aromatic rings. The van der Waals surface area contributed by atoms with Crippen molar-refractivity contribution in [3.63, 3.8) is 0 Å². The van der Waals surface area contributed by atoms with Crippen molar-refractivity contribution in [1.29, 1.82) is 0 Å². The number of carbonyl (C=O) groups excluding carboxylic acids is 2. The third-order valence-corrected chi connectivity index (χ3v) is 9.07. The average Bonchev–Trinajstić information content (AvgIpc) is 2.98. The summed E-state index contributed by atoms with van der Waals surface area (Å²) in [6.07, 6.45) is 0.270. The molecule has 2 amide bonds. The number of benzene rings is 4. The molecule has 0 saturated carbocycles. The molecule has 0 bridgehead atoms. The van der Waals surface area contributed by atoms with Crippen LogP contribution in [0.1, 0.15) is 41.7 Å². The summed E-state index contributed by atoms with van der Waals surface area (Å²) in [5, 5.41) is 2.98. The zero-order chi connectivity index (χ0) is 31.9. The highest BCUT2D eigenvalue weighted by Crippen LogP contribution is 2.27. The quantitative estimate of drug-likeness (QED) is 0.214. The average molecular weight is 612 g/mol. The molecule has 0 fully saturated rings. The van der Waals surface area contributed by atoms with Gasteiger partial charge in [0.05, 0.1) is 10.6 Å². The summed E-state index contributed by atoms with van der Waals surface area (Å²) in [5.41, 5.74) is 4.78. The van der Waals surface area contributed by atoms with Gasteiger partial charge >= 0.3 is 0 Å². The van der Waals surface area contributed by atoms with Crippen molar-refractivity contribution >= 4 is 27.5 Å². The largest absolute Gasteiger partial charge is 0.352 e.